The van der Waals surface area contributed by atoms with E-state index in [1.54, 1.807) is 6.26 Å². The fourth-order valence-electron chi connectivity index (χ4n) is 2.62. The van der Waals surface area contributed by atoms with Gasteiger partial charge in [-0.05, 0) is 29.7 Å². The number of urea groups is 1. The zero-order valence-electron chi connectivity index (χ0n) is 13.6. The largest absolute Gasteiger partial charge is 0.467 e. The molecule has 2 heterocycles. The maximum Gasteiger partial charge on any atom is 0.317 e. The van der Waals surface area contributed by atoms with Crippen LogP contribution in [0.5, 0.6) is 0 Å². The van der Waals surface area contributed by atoms with Gasteiger partial charge in [-0.2, -0.15) is 0 Å². The quantitative estimate of drug-likeness (QED) is 0.794. The van der Waals surface area contributed by atoms with E-state index in [-0.39, 0.29) is 6.03 Å². The Balaban J connectivity index is 1.30. The van der Waals surface area contributed by atoms with Crippen LogP contribution >= 0.6 is 0 Å². The summed E-state index contributed by atoms with van der Waals surface area (Å²) in [6.07, 6.45) is 4.52. The number of carbonyl (C=O) groups excluding carboxylic acids is 1. The molecule has 0 bridgehead atoms. The summed E-state index contributed by atoms with van der Waals surface area (Å²) < 4.78 is 10.7. The molecule has 2 aromatic rings. The van der Waals surface area contributed by atoms with Gasteiger partial charge in [-0.15, -0.1) is 0 Å². The molecule has 2 amide bonds. The van der Waals surface area contributed by atoms with Gasteiger partial charge < -0.3 is 19.4 Å². The average Bonchev–Trinajstić information content (AvgIpc) is 3.30. The molecular formula is C19H22N2O3. The molecule has 0 saturated carbocycles. The van der Waals surface area contributed by atoms with Crippen molar-refractivity contribution in [1.82, 2.24) is 10.2 Å². The number of amides is 2. The van der Waals surface area contributed by atoms with Crippen LogP contribution in [0.3, 0.4) is 0 Å². The second-order valence-electron chi connectivity index (χ2n) is 5.69. The number of hydrogen-bond acceptors (Lipinski definition) is 3. The second-order valence-corrected chi connectivity index (χ2v) is 5.69. The fraction of sp³-hybridized carbons (Fsp3) is 0.316. The first-order valence-electron chi connectivity index (χ1n) is 8.20. The monoisotopic (exact) mass is 326 g/mol. The van der Waals surface area contributed by atoms with Gasteiger partial charge in [0.15, 0.2) is 0 Å². The van der Waals surface area contributed by atoms with Crippen LogP contribution in [0.25, 0.3) is 5.57 Å². The maximum absolute atomic E-state index is 12.2. The lowest BCUT2D eigenvalue weighted by molar-refractivity contribution is 0.104. The third-order valence-electron chi connectivity index (χ3n) is 3.92. The van der Waals surface area contributed by atoms with Crippen LogP contribution in [-0.2, 0) is 11.3 Å². The molecule has 5 heteroatoms. The van der Waals surface area contributed by atoms with Crippen LogP contribution in [0, 0.1) is 0 Å². The zero-order valence-corrected chi connectivity index (χ0v) is 13.6. The number of furan rings is 1. The van der Waals surface area contributed by atoms with Gasteiger partial charge in [-0.25, -0.2) is 4.79 Å². The number of carbonyl (C=O) groups is 1. The molecule has 5 nitrogen and oxygen atoms in total. The third-order valence-corrected chi connectivity index (χ3v) is 3.92. The van der Waals surface area contributed by atoms with Gasteiger partial charge in [0.1, 0.15) is 12.4 Å². The molecule has 24 heavy (non-hydrogen) atoms. The lowest BCUT2D eigenvalue weighted by Crippen LogP contribution is -2.39. The van der Waals surface area contributed by atoms with Gasteiger partial charge in [0.25, 0.3) is 0 Å². The number of nitrogens with zero attached hydrogens (tertiary/aromatic N) is 1. The maximum atomic E-state index is 12.2. The molecule has 1 N–H and O–H groups in total. The van der Waals surface area contributed by atoms with Crippen molar-refractivity contribution in [3.63, 3.8) is 0 Å². The molecule has 126 valence electrons. The average molecular weight is 326 g/mol. The second kappa shape index (κ2) is 8.36. The summed E-state index contributed by atoms with van der Waals surface area (Å²) in [6, 6.07) is 13.9. The van der Waals surface area contributed by atoms with Gasteiger partial charge in [0.2, 0.25) is 0 Å². The summed E-state index contributed by atoms with van der Waals surface area (Å²) >= 11 is 0. The molecule has 1 aliphatic heterocycles. The summed E-state index contributed by atoms with van der Waals surface area (Å²) in [5, 5.41) is 2.94. The first-order chi connectivity index (χ1) is 11.8. The van der Waals surface area contributed by atoms with E-state index in [9.17, 15) is 4.79 Å². The van der Waals surface area contributed by atoms with Gasteiger partial charge in [-0.3, -0.25) is 0 Å². The number of nitrogens with one attached hydrogen (secondary N) is 1. The summed E-state index contributed by atoms with van der Waals surface area (Å²) in [5.41, 5.74) is 2.38. The predicted molar refractivity (Wildman–Crippen MR) is 92.4 cm³/mol. The van der Waals surface area contributed by atoms with Crippen LogP contribution < -0.4 is 5.32 Å². The van der Waals surface area contributed by atoms with E-state index in [2.05, 4.69) is 23.5 Å². The van der Waals surface area contributed by atoms with Crippen molar-refractivity contribution in [3.8, 4) is 0 Å². The first kappa shape index (κ1) is 16.3. The van der Waals surface area contributed by atoms with Crippen LogP contribution in [0.1, 0.15) is 17.7 Å². The first-order valence-corrected chi connectivity index (χ1v) is 8.20. The minimum atomic E-state index is -0.0248. The fourth-order valence-corrected chi connectivity index (χ4v) is 2.62. The molecule has 0 spiro atoms. The van der Waals surface area contributed by atoms with E-state index in [4.69, 9.17) is 9.15 Å². The van der Waals surface area contributed by atoms with Gasteiger partial charge in [0.05, 0.1) is 6.26 Å². The number of rotatable bonds is 7. The highest BCUT2D eigenvalue weighted by atomic mass is 16.5. The van der Waals surface area contributed by atoms with Crippen molar-refractivity contribution >= 4 is 11.6 Å². The zero-order chi connectivity index (χ0) is 16.6. The lowest BCUT2D eigenvalue weighted by atomic mass is 10.1. The van der Waals surface area contributed by atoms with Crippen molar-refractivity contribution < 1.29 is 13.9 Å². The number of benzene rings is 1. The molecule has 0 unspecified atom stereocenters. The summed E-state index contributed by atoms with van der Waals surface area (Å²) in [6.45, 7) is 2.98. The number of ether oxygens (including phenoxy) is 1. The standard InChI is InChI=1S/C19H22N2O3/c22-19(20-10-5-12-23-15-18-8-4-13-24-18)21-11-9-17(14-21)16-6-2-1-3-7-16/h1-4,6-9,13H,5,10-12,14-15H2,(H,20,22). The van der Waals surface area contributed by atoms with Gasteiger partial charge in [0, 0.05) is 26.2 Å². The van der Waals surface area contributed by atoms with Crippen molar-refractivity contribution in [2.45, 2.75) is 13.0 Å². The van der Waals surface area contributed by atoms with Gasteiger partial charge in [-0.1, -0.05) is 36.4 Å². The minimum Gasteiger partial charge on any atom is -0.467 e. The highest BCUT2D eigenvalue weighted by Gasteiger charge is 2.19. The SMILES string of the molecule is O=C(NCCCOCc1ccco1)N1CC=C(c2ccccc2)C1. The topological polar surface area (TPSA) is 54.7 Å². The lowest BCUT2D eigenvalue weighted by Gasteiger charge is -2.17. The normalized spacial score (nSPS) is 13.8. The Hall–Kier alpha value is -2.53. The van der Waals surface area contributed by atoms with E-state index in [0.29, 0.717) is 32.8 Å². The predicted octanol–water partition coefficient (Wildman–Crippen LogP) is 3.30. The van der Waals surface area contributed by atoms with Crippen LogP contribution in [-0.4, -0.2) is 37.2 Å². The Labute approximate surface area is 141 Å². The van der Waals surface area contributed by atoms with Crippen molar-refractivity contribution in [2.75, 3.05) is 26.2 Å². The molecule has 0 saturated heterocycles. The Morgan fingerprint density at radius 2 is 2.08 bits per heavy atom. The molecule has 0 radical (unpaired) electrons. The smallest absolute Gasteiger partial charge is 0.317 e. The Morgan fingerprint density at radius 3 is 2.88 bits per heavy atom. The molecular weight excluding hydrogens is 304 g/mol. The van der Waals surface area contributed by atoms with Crippen LogP contribution in [0.15, 0.2) is 59.2 Å². The Kier molecular flexibility index (Phi) is 5.69. The Morgan fingerprint density at radius 1 is 1.21 bits per heavy atom. The van der Waals surface area contributed by atoms with Gasteiger partial charge >= 0.3 is 6.03 Å². The van der Waals surface area contributed by atoms with Crippen molar-refractivity contribution in [1.29, 1.82) is 0 Å². The highest BCUT2D eigenvalue weighted by Crippen LogP contribution is 2.20. The van der Waals surface area contributed by atoms with Crippen LogP contribution in [0.2, 0.25) is 0 Å². The third kappa shape index (κ3) is 4.49. The minimum absolute atomic E-state index is 0.0248. The summed E-state index contributed by atoms with van der Waals surface area (Å²) in [7, 11) is 0. The van der Waals surface area contributed by atoms with E-state index in [1.165, 1.54) is 11.1 Å². The molecule has 0 atom stereocenters. The van der Waals surface area contributed by atoms with E-state index in [0.717, 1.165) is 12.2 Å². The molecule has 0 aliphatic carbocycles. The molecule has 1 aromatic heterocycles. The van der Waals surface area contributed by atoms with Crippen molar-refractivity contribution in [2.24, 2.45) is 0 Å². The molecule has 1 aliphatic rings. The van der Waals surface area contributed by atoms with E-state index in [1.807, 2.05) is 35.2 Å². The Bertz CT molecular complexity index is 665. The molecule has 0 fully saturated rings. The highest BCUT2D eigenvalue weighted by molar-refractivity contribution is 5.80. The molecule has 3 rings (SSSR count). The van der Waals surface area contributed by atoms with Crippen LogP contribution in [0.4, 0.5) is 4.79 Å². The van der Waals surface area contributed by atoms with E-state index >= 15 is 0 Å². The number of hydrogen-bond donors (Lipinski definition) is 1. The summed E-state index contributed by atoms with van der Waals surface area (Å²) in [4.78, 5) is 14.0. The summed E-state index contributed by atoms with van der Waals surface area (Å²) in [5.74, 6) is 0.815. The molecule has 1 aromatic carbocycles. The van der Waals surface area contributed by atoms with E-state index < -0.39 is 0 Å². The van der Waals surface area contributed by atoms with Crippen molar-refractivity contribution in [3.05, 3.63) is 66.1 Å².